The summed E-state index contributed by atoms with van der Waals surface area (Å²) in [6.45, 7) is 9.31. The fourth-order valence-electron chi connectivity index (χ4n) is 4.97. The van der Waals surface area contributed by atoms with Gasteiger partial charge >= 0.3 is 0 Å². The van der Waals surface area contributed by atoms with Gasteiger partial charge in [0, 0.05) is 37.3 Å². The number of aryl methyl sites for hydroxylation is 2. The second-order valence-electron chi connectivity index (χ2n) is 9.65. The molecule has 2 aliphatic heterocycles. The van der Waals surface area contributed by atoms with Crippen molar-refractivity contribution in [3.8, 4) is 0 Å². The van der Waals surface area contributed by atoms with Gasteiger partial charge in [-0.05, 0) is 49.2 Å². The molecule has 3 heterocycles. The number of thioether (sulfide) groups is 1. The number of piperazine rings is 1. The Morgan fingerprint density at radius 1 is 1.03 bits per heavy atom. The number of hydrogen-bond acceptors (Lipinski definition) is 5. The van der Waals surface area contributed by atoms with Crippen LogP contribution in [-0.4, -0.2) is 53.1 Å². The highest BCUT2D eigenvalue weighted by Crippen LogP contribution is 2.42. The maximum atomic E-state index is 13.9. The third-order valence-electron chi connectivity index (χ3n) is 7.16. The summed E-state index contributed by atoms with van der Waals surface area (Å²) >= 11 is 1.53. The quantitative estimate of drug-likeness (QED) is 0.509. The van der Waals surface area contributed by atoms with Crippen LogP contribution in [0.2, 0.25) is 0 Å². The maximum absolute atomic E-state index is 13.9. The van der Waals surface area contributed by atoms with Crippen molar-refractivity contribution >= 4 is 35.1 Å². The second kappa shape index (κ2) is 10.3. The van der Waals surface area contributed by atoms with Gasteiger partial charge in [-0.2, -0.15) is 0 Å². The van der Waals surface area contributed by atoms with E-state index in [9.17, 15) is 9.59 Å². The number of carbonyl (C=O) groups is 2. The number of aromatic nitrogens is 1. The molecule has 0 saturated carbocycles. The van der Waals surface area contributed by atoms with Crippen molar-refractivity contribution in [2.45, 2.75) is 37.5 Å². The minimum atomic E-state index is -0.452. The number of carbonyl (C=O) groups excluding carboxylic acids is 2. The molecule has 0 radical (unpaired) electrons. The maximum Gasteiger partial charge on any atom is 0.241 e. The van der Waals surface area contributed by atoms with E-state index in [4.69, 9.17) is 0 Å². The first-order valence-electron chi connectivity index (χ1n) is 12.5. The fourth-order valence-corrected chi connectivity index (χ4v) is 6.25. The molecule has 36 heavy (non-hydrogen) atoms. The highest BCUT2D eigenvalue weighted by atomic mass is 32.2. The normalized spacial score (nSPS) is 18.7. The summed E-state index contributed by atoms with van der Waals surface area (Å²) < 4.78 is 0. The molecule has 0 unspecified atom stereocenters. The summed E-state index contributed by atoms with van der Waals surface area (Å²) in [5.74, 6) is 0.577. The molecule has 186 valence electrons. The molecule has 1 fully saturated rings. The zero-order valence-corrected chi connectivity index (χ0v) is 21.9. The van der Waals surface area contributed by atoms with Crippen LogP contribution in [-0.2, 0) is 16.1 Å². The second-order valence-corrected chi connectivity index (χ2v) is 10.8. The van der Waals surface area contributed by atoms with E-state index in [1.807, 2.05) is 53.1 Å². The number of para-hydroxylation sites is 1. The molecule has 1 aromatic heterocycles. The Hall–Kier alpha value is -3.32. The number of hydrogen-bond donors (Lipinski definition) is 0. The molecule has 2 atom stereocenters. The van der Waals surface area contributed by atoms with E-state index in [1.54, 1.807) is 6.20 Å². The Bertz CT molecular complexity index is 1260. The number of fused-ring (bicyclic) bond motifs is 1. The van der Waals surface area contributed by atoms with Gasteiger partial charge < -0.3 is 14.7 Å². The Morgan fingerprint density at radius 2 is 1.78 bits per heavy atom. The predicted octanol–water partition coefficient (Wildman–Crippen LogP) is 4.69. The molecule has 0 aliphatic carbocycles. The van der Waals surface area contributed by atoms with Gasteiger partial charge in [-0.25, -0.2) is 4.98 Å². The van der Waals surface area contributed by atoms with Crippen LogP contribution in [0.4, 0.5) is 11.5 Å². The third-order valence-corrected chi connectivity index (χ3v) is 8.62. The Balaban J connectivity index is 1.33. The van der Waals surface area contributed by atoms with E-state index in [2.05, 4.69) is 48.0 Å². The number of amides is 2. The van der Waals surface area contributed by atoms with Crippen LogP contribution in [0.1, 0.15) is 23.6 Å². The SMILES string of the molecule is Cc1ccc(C)c(CN2C(=O)[C@@H]([C@H](C)C(=O)N3CCN(c4ccccn4)CC3)Sc3ccccc32)c1. The van der Waals surface area contributed by atoms with Crippen LogP contribution in [0.5, 0.6) is 0 Å². The molecule has 2 aliphatic rings. The lowest BCUT2D eigenvalue weighted by atomic mass is 10.0. The average molecular weight is 501 g/mol. The van der Waals surface area contributed by atoms with Gasteiger partial charge in [0.25, 0.3) is 0 Å². The summed E-state index contributed by atoms with van der Waals surface area (Å²) in [7, 11) is 0. The highest BCUT2D eigenvalue weighted by Gasteiger charge is 2.41. The molecule has 7 heteroatoms. The molecule has 0 bridgehead atoms. The lowest BCUT2D eigenvalue weighted by molar-refractivity contribution is -0.137. The molecular weight excluding hydrogens is 468 g/mol. The molecule has 0 N–H and O–H groups in total. The monoisotopic (exact) mass is 500 g/mol. The highest BCUT2D eigenvalue weighted by molar-refractivity contribution is 8.01. The van der Waals surface area contributed by atoms with Crippen molar-refractivity contribution in [2.75, 3.05) is 36.0 Å². The van der Waals surface area contributed by atoms with E-state index in [0.717, 1.165) is 40.6 Å². The van der Waals surface area contributed by atoms with Crippen LogP contribution in [0.3, 0.4) is 0 Å². The van der Waals surface area contributed by atoms with E-state index < -0.39 is 11.2 Å². The largest absolute Gasteiger partial charge is 0.353 e. The number of benzene rings is 2. The van der Waals surface area contributed by atoms with Crippen molar-refractivity contribution in [3.63, 3.8) is 0 Å². The van der Waals surface area contributed by atoms with Gasteiger partial charge in [-0.1, -0.05) is 48.9 Å². The Morgan fingerprint density at radius 3 is 2.53 bits per heavy atom. The van der Waals surface area contributed by atoms with E-state index >= 15 is 0 Å². The van der Waals surface area contributed by atoms with Gasteiger partial charge in [0.15, 0.2) is 0 Å². The summed E-state index contributed by atoms with van der Waals surface area (Å²) in [5, 5.41) is -0.452. The summed E-state index contributed by atoms with van der Waals surface area (Å²) in [5.41, 5.74) is 4.39. The zero-order chi connectivity index (χ0) is 25.2. The molecule has 6 nitrogen and oxygen atoms in total. The summed E-state index contributed by atoms with van der Waals surface area (Å²) in [6.07, 6.45) is 1.79. The van der Waals surface area contributed by atoms with Crippen molar-refractivity contribution < 1.29 is 9.59 Å². The average Bonchev–Trinajstić information content (AvgIpc) is 2.92. The van der Waals surface area contributed by atoms with E-state index in [0.29, 0.717) is 19.6 Å². The van der Waals surface area contributed by atoms with Crippen molar-refractivity contribution in [1.82, 2.24) is 9.88 Å². The minimum Gasteiger partial charge on any atom is -0.353 e. The predicted molar refractivity (Wildman–Crippen MR) is 145 cm³/mol. The first-order valence-corrected chi connectivity index (χ1v) is 13.4. The first kappa shape index (κ1) is 24.4. The smallest absolute Gasteiger partial charge is 0.241 e. The van der Waals surface area contributed by atoms with Crippen molar-refractivity contribution in [3.05, 3.63) is 83.6 Å². The van der Waals surface area contributed by atoms with E-state index in [-0.39, 0.29) is 11.8 Å². The molecular formula is C29H32N4O2S. The topological polar surface area (TPSA) is 56.8 Å². The van der Waals surface area contributed by atoms with Gasteiger partial charge in [0.1, 0.15) is 11.1 Å². The van der Waals surface area contributed by atoms with Crippen LogP contribution >= 0.6 is 11.8 Å². The molecule has 2 amide bonds. The minimum absolute atomic E-state index is 0.00702. The number of rotatable bonds is 5. The lowest BCUT2D eigenvalue weighted by Gasteiger charge is -2.39. The Labute approximate surface area is 217 Å². The summed E-state index contributed by atoms with van der Waals surface area (Å²) in [6, 6.07) is 20.3. The van der Waals surface area contributed by atoms with Crippen LogP contribution < -0.4 is 9.80 Å². The van der Waals surface area contributed by atoms with Gasteiger partial charge in [0.05, 0.1) is 18.2 Å². The number of nitrogens with zero attached hydrogens (tertiary/aromatic N) is 4. The third kappa shape index (κ3) is 4.85. The molecule has 5 rings (SSSR count). The molecule has 0 spiro atoms. The first-order chi connectivity index (χ1) is 17.4. The van der Waals surface area contributed by atoms with Crippen molar-refractivity contribution in [1.29, 1.82) is 0 Å². The van der Waals surface area contributed by atoms with Crippen LogP contribution in [0, 0.1) is 19.8 Å². The fraction of sp³-hybridized carbons (Fsp3) is 0.345. The molecule has 2 aromatic carbocycles. The summed E-state index contributed by atoms with van der Waals surface area (Å²) in [4.78, 5) is 38.9. The lowest BCUT2D eigenvalue weighted by Crippen LogP contribution is -2.53. The van der Waals surface area contributed by atoms with Gasteiger partial charge in [-0.3, -0.25) is 9.59 Å². The zero-order valence-electron chi connectivity index (χ0n) is 21.1. The number of anilines is 2. The Kier molecular flexibility index (Phi) is 7.01. The number of pyridine rings is 1. The van der Waals surface area contributed by atoms with Crippen LogP contribution in [0.15, 0.2) is 71.8 Å². The van der Waals surface area contributed by atoms with E-state index in [1.165, 1.54) is 17.3 Å². The molecule has 3 aromatic rings. The van der Waals surface area contributed by atoms with Crippen LogP contribution in [0.25, 0.3) is 0 Å². The van der Waals surface area contributed by atoms with Gasteiger partial charge in [-0.15, -0.1) is 11.8 Å². The van der Waals surface area contributed by atoms with Crippen molar-refractivity contribution in [2.24, 2.45) is 5.92 Å². The standard InChI is InChI=1S/C29H32N4O2S/c1-20-11-12-21(2)23(18-20)19-33-24-8-4-5-9-25(24)36-27(29(33)35)22(3)28(34)32-16-14-31(15-17-32)26-10-6-7-13-30-26/h4-13,18,22,27H,14-17,19H2,1-3H3/t22-,27+/m0/s1. The molecule has 1 saturated heterocycles. The van der Waals surface area contributed by atoms with Gasteiger partial charge in [0.2, 0.25) is 11.8 Å².